The number of nitrogens with one attached hydrogen (secondary N) is 1. The van der Waals surface area contributed by atoms with Crippen LogP contribution < -0.4 is 5.56 Å². The molecule has 9 nitrogen and oxygen atoms in total. The smallest absolute Gasteiger partial charge is 0.302 e. The van der Waals surface area contributed by atoms with E-state index < -0.39 is 0 Å². The second kappa shape index (κ2) is 5.00. The van der Waals surface area contributed by atoms with Crippen molar-refractivity contribution in [3.8, 4) is 0 Å². The van der Waals surface area contributed by atoms with Gasteiger partial charge < -0.3 is 9.47 Å². The Bertz CT molecular complexity index is 693. The number of aromatic amines is 1. The van der Waals surface area contributed by atoms with Gasteiger partial charge in [-0.05, 0) is 12.8 Å². The number of rotatable bonds is 3. The molecule has 1 fully saturated rings. The Balaban J connectivity index is 1.78. The minimum Gasteiger partial charge on any atom is -0.463 e. The van der Waals surface area contributed by atoms with E-state index in [9.17, 15) is 9.59 Å². The van der Waals surface area contributed by atoms with E-state index >= 15 is 0 Å². The van der Waals surface area contributed by atoms with Crippen LogP contribution in [0.4, 0.5) is 0 Å². The Morgan fingerprint density at radius 3 is 3.25 bits per heavy atom. The average molecular weight is 279 g/mol. The second-order valence-corrected chi connectivity index (χ2v) is 4.56. The van der Waals surface area contributed by atoms with Gasteiger partial charge in [0, 0.05) is 6.92 Å². The van der Waals surface area contributed by atoms with Gasteiger partial charge in [-0.2, -0.15) is 0 Å². The van der Waals surface area contributed by atoms with E-state index in [1.807, 2.05) is 0 Å². The molecular weight excluding hydrogens is 266 g/mol. The molecule has 20 heavy (non-hydrogen) atoms. The molecule has 0 saturated carbocycles. The summed E-state index contributed by atoms with van der Waals surface area (Å²) in [5.74, 6) is -0.331. The topological polar surface area (TPSA) is 112 Å². The Morgan fingerprint density at radius 1 is 1.60 bits per heavy atom. The average Bonchev–Trinajstić information content (AvgIpc) is 3.02. The maximum Gasteiger partial charge on any atom is 0.302 e. The van der Waals surface area contributed by atoms with E-state index in [1.165, 1.54) is 13.3 Å². The maximum absolute atomic E-state index is 11.5. The monoisotopic (exact) mass is 279 g/mol. The Hall–Kier alpha value is -2.29. The van der Waals surface area contributed by atoms with Crippen LogP contribution in [0, 0.1) is 0 Å². The molecule has 0 amide bonds. The number of ether oxygens (including phenoxy) is 2. The predicted molar refractivity (Wildman–Crippen MR) is 65.7 cm³/mol. The summed E-state index contributed by atoms with van der Waals surface area (Å²) in [7, 11) is 0. The third-order valence-corrected chi connectivity index (χ3v) is 3.15. The molecule has 106 valence electrons. The highest BCUT2D eigenvalue weighted by molar-refractivity contribution is 5.68. The molecule has 1 N–H and O–H groups in total. The summed E-state index contributed by atoms with van der Waals surface area (Å²) in [6.45, 7) is 1.59. The molecule has 0 radical (unpaired) electrons. The minimum atomic E-state index is -0.386. The van der Waals surface area contributed by atoms with Crippen molar-refractivity contribution in [2.45, 2.75) is 32.1 Å². The molecule has 3 rings (SSSR count). The lowest BCUT2D eigenvalue weighted by Gasteiger charge is -2.14. The van der Waals surface area contributed by atoms with Crippen LogP contribution in [0.25, 0.3) is 11.2 Å². The molecule has 2 aromatic heterocycles. The van der Waals surface area contributed by atoms with Gasteiger partial charge in [-0.25, -0.2) is 10.1 Å². The maximum atomic E-state index is 11.5. The van der Waals surface area contributed by atoms with Gasteiger partial charge in [0.1, 0.15) is 12.8 Å². The molecule has 0 aliphatic carbocycles. The van der Waals surface area contributed by atoms with Crippen LogP contribution in [0.2, 0.25) is 0 Å². The van der Waals surface area contributed by atoms with E-state index in [0.717, 1.165) is 12.8 Å². The normalized spacial score (nSPS) is 22.2. The second-order valence-electron chi connectivity index (χ2n) is 4.56. The van der Waals surface area contributed by atoms with E-state index in [0.29, 0.717) is 5.65 Å². The fraction of sp³-hybridized carbons (Fsp3) is 0.545. The fourth-order valence-corrected chi connectivity index (χ4v) is 2.22. The van der Waals surface area contributed by atoms with Gasteiger partial charge in [0.25, 0.3) is 5.56 Å². The number of aromatic nitrogens is 5. The summed E-state index contributed by atoms with van der Waals surface area (Å²) in [6, 6.07) is 0. The molecule has 3 heterocycles. The zero-order valence-corrected chi connectivity index (χ0v) is 10.8. The first-order valence-electron chi connectivity index (χ1n) is 6.22. The van der Waals surface area contributed by atoms with Gasteiger partial charge in [0.05, 0.1) is 12.4 Å². The minimum absolute atomic E-state index is 0.156. The van der Waals surface area contributed by atoms with Crippen LogP contribution in [0.5, 0.6) is 0 Å². The number of imidazole rings is 1. The van der Waals surface area contributed by atoms with Crippen molar-refractivity contribution in [3.05, 3.63) is 16.7 Å². The van der Waals surface area contributed by atoms with E-state index in [-0.39, 0.29) is 36.0 Å². The third kappa shape index (κ3) is 2.27. The first-order valence-corrected chi connectivity index (χ1v) is 6.22. The molecule has 1 aliphatic heterocycles. The summed E-state index contributed by atoms with van der Waals surface area (Å²) in [4.78, 5) is 26.3. The number of esters is 1. The number of H-pyrrole nitrogens is 1. The van der Waals surface area contributed by atoms with Crippen molar-refractivity contribution in [2.75, 3.05) is 6.61 Å². The van der Waals surface area contributed by atoms with E-state index in [4.69, 9.17) is 9.47 Å². The van der Waals surface area contributed by atoms with Crippen LogP contribution in [0.1, 0.15) is 26.0 Å². The first-order chi connectivity index (χ1) is 9.65. The van der Waals surface area contributed by atoms with E-state index in [1.54, 1.807) is 4.57 Å². The molecule has 1 aliphatic rings. The standard InChI is InChI=1S/C11H13N5O4/c1-6(17)19-4-7-2-3-8(20-7)16-5-12-9-10(16)13-15-14-11(9)18/h5,7-8H,2-4H2,1H3,(H,13,14,18)/t7-,8+/m0/s1. The fourth-order valence-electron chi connectivity index (χ4n) is 2.22. The van der Waals surface area contributed by atoms with Gasteiger partial charge in [0.15, 0.2) is 11.2 Å². The van der Waals surface area contributed by atoms with Crippen molar-refractivity contribution in [2.24, 2.45) is 0 Å². The summed E-state index contributed by atoms with van der Waals surface area (Å²) in [5.41, 5.74) is 0.224. The van der Waals surface area contributed by atoms with Crippen molar-refractivity contribution >= 4 is 17.1 Å². The summed E-state index contributed by atoms with van der Waals surface area (Å²) in [5, 5.41) is 9.63. The van der Waals surface area contributed by atoms with Crippen LogP contribution in [-0.4, -0.2) is 43.6 Å². The molecule has 2 atom stereocenters. The number of fused-ring (bicyclic) bond motifs is 1. The quantitative estimate of drug-likeness (QED) is 0.771. The highest BCUT2D eigenvalue weighted by atomic mass is 16.6. The lowest BCUT2D eigenvalue weighted by Crippen LogP contribution is -2.18. The highest BCUT2D eigenvalue weighted by Crippen LogP contribution is 2.29. The number of carbonyl (C=O) groups excluding carboxylic acids is 1. The SMILES string of the molecule is CC(=O)OC[C@@H]1CC[C@H](n2cnc3c(=O)[nH]nnc32)O1. The van der Waals surface area contributed by atoms with Crippen molar-refractivity contribution in [1.29, 1.82) is 0 Å². The Labute approximate surface area is 112 Å². The summed E-state index contributed by atoms with van der Waals surface area (Å²) >= 11 is 0. The zero-order chi connectivity index (χ0) is 14.1. The first kappa shape index (κ1) is 12.7. The van der Waals surface area contributed by atoms with Crippen LogP contribution in [0.3, 0.4) is 0 Å². The Morgan fingerprint density at radius 2 is 2.45 bits per heavy atom. The van der Waals surface area contributed by atoms with Crippen LogP contribution in [0.15, 0.2) is 11.1 Å². The number of hydrogen-bond donors (Lipinski definition) is 1. The summed E-state index contributed by atoms with van der Waals surface area (Å²) < 4.78 is 12.4. The lowest BCUT2D eigenvalue weighted by molar-refractivity contribution is -0.145. The van der Waals surface area contributed by atoms with Crippen molar-refractivity contribution < 1.29 is 14.3 Å². The van der Waals surface area contributed by atoms with Crippen molar-refractivity contribution in [1.82, 2.24) is 25.0 Å². The highest BCUT2D eigenvalue weighted by Gasteiger charge is 2.29. The largest absolute Gasteiger partial charge is 0.463 e. The molecule has 0 bridgehead atoms. The molecule has 0 spiro atoms. The number of hydrogen-bond acceptors (Lipinski definition) is 7. The molecule has 2 aromatic rings. The molecule has 0 aromatic carbocycles. The van der Waals surface area contributed by atoms with Crippen LogP contribution >= 0.6 is 0 Å². The molecule has 9 heteroatoms. The molecule has 0 unspecified atom stereocenters. The van der Waals surface area contributed by atoms with Gasteiger partial charge in [0.2, 0.25) is 0 Å². The number of carbonyl (C=O) groups is 1. The molecular formula is C11H13N5O4. The van der Waals surface area contributed by atoms with Crippen molar-refractivity contribution in [3.63, 3.8) is 0 Å². The Kier molecular flexibility index (Phi) is 3.18. The zero-order valence-electron chi connectivity index (χ0n) is 10.8. The van der Waals surface area contributed by atoms with Gasteiger partial charge in [-0.15, -0.1) is 5.10 Å². The predicted octanol–water partition coefficient (Wildman–Crippen LogP) is -0.245. The van der Waals surface area contributed by atoms with Crippen LogP contribution in [-0.2, 0) is 14.3 Å². The van der Waals surface area contributed by atoms with Gasteiger partial charge >= 0.3 is 5.97 Å². The lowest BCUT2D eigenvalue weighted by atomic mass is 10.2. The third-order valence-electron chi connectivity index (χ3n) is 3.15. The summed E-state index contributed by atoms with van der Waals surface area (Å²) in [6.07, 6.45) is 2.56. The van der Waals surface area contributed by atoms with Gasteiger partial charge in [-0.3, -0.25) is 14.2 Å². The van der Waals surface area contributed by atoms with Gasteiger partial charge in [-0.1, -0.05) is 5.21 Å². The van der Waals surface area contributed by atoms with E-state index in [2.05, 4.69) is 20.4 Å². The molecule has 1 saturated heterocycles. The number of nitrogens with zero attached hydrogens (tertiary/aromatic N) is 4.